The lowest BCUT2D eigenvalue weighted by Gasteiger charge is -2.31. The van der Waals surface area contributed by atoms with Gasteiger partial charge in [-0.25, -0.2) is 12.8 Å². The van der Waals surface area contributed by atoms with Crippen LogP contribution in [0.15, 0.2) is 53.0 Å². The minimum atomic E-state index is -3.15. The van der Waals surface area contributed by atoms with Crippen LogP contribution in [0.4, 0.5) is 4.39 Å². The molecule has 1 aliphatic rings. The molecule has 1 heterocycles. The Morgan fingerprint density at radius 3 is 2.61 bits per heavy atom. The van der Waals surface area contributed by atoms with Crippen molar-refractivity contribution >= 4 is 31.7 Å². The zero-order chi connectivity index (χ0) is 20.3. The highest BCUT2D eigenvalue weighted by atomic mass is 79.9. The van der Waals surface area contributed by atoms with Gasteiger partial charge >= 0.3 is 0 Å². The highest BCUT2D eigenvalue weighted by molar-refractivity contribution is 9.10. The van der Waals surface area contributed by atoms with Crippen LogP contribution in [-0.4, -0.2) is 42.9 Å². The van der Waals surface area contributed by atoms with Crippen LogP contribution >= 0.6 is 15.9 Å². The summed E-state index contributed by atoms with van der Waals surface area (Å²) in [7, 11) is -3.15. The van der Waals surface area contributed by atoms with Crippen molar-refractivity contribution in [2.24, 2.45) is 0 Å². The molecule has 1 amide bonds. The van der Waals surface area contributed by atoms with Gasteiger partial charge in [0.25, 0.3) is 5.91 Å². The number of benzene rings is 2. The zero-order valence-corrected chi connectivity index (χ0v) is 17.7. The molecule has 0 aliphatic carbocycles. The topological polar surface area (TPSA) is 63.7 Å². The third-order valence-corrected chi connectivity index (χ3v) is 6.89. The number of sulfone groups is 1. The molecule has 1 fully saturated rings. The van der Waals surface area contributed by atoms with E-state index in [-0.39, 0.29) is 24.0 Å². The Morgan fingerprint density at radius 2 is 2.00 bits per heavy atom. The summed E-state index contributed by atoms with van der Waals surface area (Å²) in [6.07, 6.45) is -0.424. The maximum absolute atomic E-state index is 13.1. The number of hydrogen-bond acceptors (Lipinski definition) is 4. The second-order valence-corrected chi connectivity index (χ2v) is 10.0. The van der Waals surface area contributed by atoms with E-state index in [0.717, 1.165) is 10.0 Å². The molecule has 0 aromatic heterocycles. The SMILES string of the molecule is CC(Oc1ccc(F)cc1)C(=O)N(Cc1cccc(Br)c1)C1CCS(=O)(=O)C1. The maximum Gasteiger partial charge on any atom is 0.263 e. The van der Waals surface area contributed by atoms with E-state index in [9.17, 15) is 17.6 Å². The van der Waals surface area contributed by atoms with Crippen molar-refractivity contribution in [3.63, 3.8) is 0 Å². The van der Waals surface area contributed by atoms with E-state index in [4.69, 9.17) is 4.74 Å². The summed E-state index contributed by atoms with van der Waals surface area (Å²) in [5.74, 6) is -0.280. The Labute approximate surface area is 172 Å². The number of amides is 1. The van der Waals surface area contributed by atoms with Crippen molar-refractivity contribution < 1.29 is 22.3 Å². The smallest absolute Gasteiger partial charge is 0.263 e. The molecular weight excluding hydrogens is 449 g/mol. The summed E-state index contributed by atoms with van der Waals surface area (Å²) < 4.78 is 43.5. The summed E-state index contributed by atoms with van der Waals surface area (Å²) in [5.41, 5.74) is 0.890. The average molecular weight is 470 g/mol. The minimum absolute atomic E-state index is 0.0456. The molecule has 150 valence electrons. The fourth-order valence-corrected chi connectivity index (χ4v) is 5.42. The summed E-state index contributed by atoms with van der Waals surface area (Å²) in [6, 6.07) is 12.6. The Bertz CT molecular complexity index is 949. The van der Waals surface area contributed by atoms with Crippen molar-refractivity contribution in [2.75, 3.05) is 11.5 Å². The molecular formula is C20H21BrFNO4S. The lowest BCUT2D eigenvalue weighted by Crippen LogP contribution is -2.46. The Balaban J connectivity index is 1.80. The summed E-state index contributed by atoms with van der Waals surface area (Å²) in [4.78, 5) is 14.7. The molecule has 2 aromatic rings. The molecule has 8 heteroatoms. The van der Waals surface area contributed by atoms with E-state index < -0.39 is 27.8 Å². The summed E-state index contributed by atoms with van der Waals surface area (Å²) >= 11 is 3.42. The third kappa shape index (κ3) is 5.32. The number of hydrogen-bond donors (Lipinski definition) is 0. The first kappa shape index (κ1) is 20.8. The average Bonchev–Trinajstić information content (AvgIpc) is 3.00. The number of carbonyl (C=O) groups excluding carboxylic acids is 1. The Kier molecular flexibility index (Phi) is 6.40. The molecule has 0 spiro atoms. The van der Waals surface area contributed by atoms with Gasteiger partial charge in [-0.2, -0.15) is 0 Å². The van der Waals surface area contributed by atoms with Crippen LogP contribution in [0.3, 0.4) is 0 Å². The van der Waals surface area contributed by atoms with Gasteiger partial charge in [0.2, 0.25) is 0 Å². The third-order valence-electron chi connectivity index (χ3n) is 4.65. The molecule has 28 heavy (non-hydrogen) atoms. The number of halogens is 2. The van der Waals surface area contributed by atoms with Crippen LogP contribution < -0.4 is 4.74 Å². The van der Waals surface area contributed by atoms with Crippen LogP contribution in [-0.2, 0) is 21.2 Å². The lowest BCUT2D eigenvalue weighted by molar-refractivity contribution is -0.140. The molecule has 2 atom stereocenters. The molecule has 0 saturated carbocycles. The van der Waals surface area contributed by atoms with Crippen LogP contribution in [0.25, 0.3) is 0 Å². The maximum atomic E-state index is 13.1. The molecule has 0 bridgehead atoms. The first-order valence-corrected chi connectivity index (χ1v) is 11.5. The highest BCUT2D eigenvalue weighted by Crippen LogP contribution is 2.23. The van der Waals surface area contributed by atoms with E-state index in [1.54, 1.807) is 11.8 Å². The van der Waals surface area contributed by atoms with E-state index in [2.05, 4.69) is 15.9 Å². The lowest BCUT2D eigenvalue weighted by atomic mass is 10.1. The zero-order valence-electron chi connectivity index (χ0n) is 15.3. The normalized spacial score (nSPS) is 19.2. The quantitative estimate of drug-likeness (QED) is 0.648. The van der Waals surface area contributed by atoms with Crippen LogP contribution in [0, 0.1) is 5.82 Å². The van der Waals surface area contributed by atoms with E-state index in [1.807, 2.05) is 24.3 Å². The van der Waals surface area contributed by atoms with Gasteiger partial charge in [-0.1, -0.05) is 28.1 Å². The molecule has 1 aliphatic heterocycles. The van der Waals surface area contributed by atoms with E-state index in [1.165, 1.54) is 24.3 Å². The predicted octanol–water partition coefficient (Wildman–Crippen LogP) is 3.57. The monoisotopic (exact) mass is 469 g/mol. The van der Waals surface area contributed by atoms with Gasteiger partial charge in [0.15, 0.2) is 15.9 Å². The molecule has 0 N–H and O–H groups in total. The summed E-state index contributed by atoms with van der Waals surface area (Å²) in [6.45, 7) is 1.90. The molecule has 2 unspecified atom stereocenters. The van der Waals surface area contributed by atoms with E-state index >= 15 is 0 Å². The van der Waals surface area contributed by atoms with Crippen molar-refractivity contribution in [3.8, 4) is 5.75 Å². The molecule has 3 rings (SSSR count). The van der Waals surface area contributed by atoms with Crippen LogP contribution in [0.1, 0.15) is 18.9 Å². The summed E-state index contributed by atoms with van der Waals surface area (Å²) in [5, 5.41) is 0. The second-order valence-electron chi connectivity index (χ2n) is 6.87. The first-order chi connectivity index (χ1) is 13.2. The van der Waals surface area contributed by atoms with Gasteiger partial charge in [-0.05, 0) is 55.3 Å². The molecule has 0 radical (unpaired) electrons. The second kappa shape index (κ2) is 8.61. The van der Waals surface area contributed by atoms with Crippen molar-refractivity contribution in [3.05, 3.63) is 64.4 Å². The minimum Gasteiger partial charge on any atom is -0.481 e. The largest absolute Gasteiger partial charge is 0.481 e. The van der Waals surface area contributed by atoms with E-state index in [0.29, 0.717) is 12.2 Å². The fraction of sp³-hybridized carbons (Fsp3) is 0.350. The molecule has 5 nitrogen and oxygen atoms in total. The van der Waals surface area contributed by atoms with Crippen LogP contribution in [0.2, 0.25) is 0 Å². The fourth-order valence-electron chi connectivity index (χ4n) is 3.24. The van der Waals surface area contributed by atoms with Gasteiger partial charge < -0.3 is 9.64 Å². The van der Waals surface area contributed by atoms with Gasteiger partial charge in [-0.15, -0.1) is 0 Å². The predicted molar refractivity (Wildman–Crippen MR) is 108 cm³/mol. The Morgan fingerprint density at radius 1 is 1.29 bits per heavy atom. The molecule has 2 aromatic carbocycles. The van der Waals surface area contributed by atoms with Gasteiger partial charge in [-0.3, -0.25) is 4.79 Å². The number of ether oxygens (including phenoxy) is 1. The van der Waals surface area contributed by atoms with Gasteiger partial charge in [0.1, 0.15) is 11.6 Å². The van der Waals surface area contributed by atoms with Crippen molar-refractivity contribution in [1.82, 2.24) is 4.90 Å². The first-order valence-electron chi connectivity index (χ1n) is 8.91. The number of nitrogens with zero attached hydrogens (tertiary/aromatic N) is 1. The van der Waals surface area contributed by atoms with Crippen molar-refractivity contribution in [2.45, 2.75) is 32.0 Å². The van der Waals surface area contributed by atoms with Crippen molar-refractivity contribution in [1.29, 1.82) is 0 Å². The van der Waals surface area contributed by atoms with Gasteiger partial charge in [0, 0.05) is 17.1 Å². The Hall–Kier alpha value is -1.93. The van der Waals surface area contributed by atoms with Crippen LogP contribution in [0.5, 0.6) is 5.75 Å². The standard InChI is InChI=1S/C20H21BrFNO4S/c1-14(27-19-7-5-17(22)6-8-19)20(24)23(18-9-10-28(25,26)13-18)12-15-3-2-4-16(21)11-15/h2-8,11,14,18H,9-10,12-13H2,1H3. The number of rotatable bonds is 6. The molecule has 1 saturated heterocycles. The van der Waals surface area contributed by atoms with Gasteiger partial charge in [0.05, 0.1) is 11.5 Å². The highest BCUT2D eigenvalue weighted by Gasteiger charge is 2.36. The number of carbonyl (C=O) groups is 1.